The molecule has 0 radical (unpaired) electrons. The highest BCUT2D eigenvalue weighted by molar-refractivity contribution is 5.12. The van der Waals surface area contributed by atoms with Gasteiger partial charge >= 0.3 is 0 Å². The molecule has 0 unspecified atom stereocenters. The summed E-state index contributed by atoms with van der Waals surface area (Å²) in [6.45, 7) is 2.12. The van der Waals surface area contributed by atoms with E-state index in [4.69, 9.17) is 0 Å². The van der Waals surface area contributed by atoms with Crippen molar-refractivity contribution in [1.29, 1.82) is 0 Å². The molecule has 12 heavy (non-hydrogen) atoms. The summed E-state index contributed by atoms with van der Waals surface area (Å²) < 4.78 is 26.0. The maximum absolute atomic E-state index is 12.2. The molecule has 1 aliphatic heterocycles. The summed E-state index contributed by atoms with van der Waals surface area (Å²) in [4.78, 5) is 0. The van der Waals surface area contributed by atoms with Gasteiger partial charge < -0.3 is 5.32 Å². The van der Waals surface area contributed by atoms with Crippen LogP contribution in [0.2, 0.25) is 0 Å². The van der Waals surface area contributed by atoms with E-state index in [1.807, 2.05) is 0 Å². The Bertz CT molecular complexity index is 259. The minimum Gasteiger partial charge on any atom is -0.309 e. The monoisotopic (exact) mass is 173 g/mol. The third kappa shape index (κ3) is 1.20. The molecule has 2 rings (SSSR count). The second kappa shape index (κ2) is 2.82. The van der Waals surface area contributed by atoms with Crippen molar-refractivity contribution < 1.29 is 8.78 Å². The SMILES string of the molecule is FC(F)c1cc2n(n1)CCNC2. The number of halogens is 2. The number of nitrogens with one attached hydrogen (secondary N) is 1. The van der Waals surface area contributed by atoms with Crippen LogP contribution in [0, 0.1) is 0 Å². The summed E-state index contributed by atoms with van der Waals surface area (Å²) in [7, 11) is 0. The Morgan fingerprint density at radius 2 is 2.42 bits per heavy atom. The lowest BCUT2D eigenvalue weighted by atomic mass is 10.3. The fraction of sp³-hybridized carbons (Fsp3) is 0.571. The Labute approximate surface area is 68.4 Å². The van der Waals surface area contributed by atoms with Crippen LogP contribution < -0.4 is 5.32 Å². The first kappa shape index (κ1) is 7.67. The molecule has 1 aliphatic rings. The standard InChI is InChI=1S/C7H9F2N3/c8-7(9)6-3-5-4-10-1-2-12(5)11-6/h3,7,10H,1-2,4H2. The van der Waals surface area contributed by atoms with Crippen LogP contribution in [0.15, 0.2) is 6.07 Å². The van der Waals surface area contributed by atoms with E-state index < -0.39 is 6.43 Å². The van der Waals surface area contributed by atoms with Crippen LogP contribution in [-0.4, -0.2) is 16.3 Å². The minimum absolute atomic E-state index is 0.117. The molecule has 0 spiro atoms. The molecule has 0 fully saturated rings. The number of alkyl halides is 2. The zero-order valence-corrected chi connectivity index (χ0v) is 6.43. The molecule has 0 atom stereocenters. The zero-order valence-electron chi connectivity index (χ0n) is 6.43. The fourth-order valence-electron chi connectivity index (χ4n) is 1.32. The van der Waals surface area contributed by atoms with Crippen molar-refractivity contribution in [3.8, 4) is 0 Å². The maximum atomic E-state index is 12.2. The van der Waals surface area contributed by atoms with Crippen molar-refractivity contribution in [3.63, 3.8) is 0 Å². The molecule has 0 saturated carbocycles. The Morgan fingerprint density at radius 3 is 3.08 bits per heavy atom. The van der Waals surface area contributed by atoms with Gasteiger partial charge in [0.15, 0.2) is 0 Å². The van der Waals surface area contributed by atoms with Crippen LogP contribution in [0.5, 0.6) is 0 Å². The van der Waals surface area contributed by atoms with Crippen LogP contribution in [0.4, 0.5) is 8.78 Å². The van der Waals surface area contributed by atoms with Gasteiger partial charge in [-0.3, -0.25) is 4.68 Å². The third-order valence-electron chi connectivity index (χ3n) is 1.91. The Kier molecular flexibility index (Phi) is 1.80. The first-order valence-corrected chi connectivity index (χ1v) is 3.83. The quantitative estimate of drug-likeness (QED) is 0.684. The van der Waals surface area contributed by atoms with Gasteiger partial charge in [-0.25, -0.2) is 8.78 Å². The van der Waals surface area contributed by atoms with Gasteiger partial charge in [-0.2, -0.15) is 5.10 Å². The van der Waals surface area contributed by atoms with Crippen LogP contribution in [0.3, 0.4) is 0 Å². The number of nitrogens with zero attached hydrogens (tertiary/aromatic N) is 2. The second-order valence-corrected chi connectivity index (χ2v) is 2.76. The number of fused-ring (bicyclic) bond motifs is 1. The highest BCUT2D eigenvalue weighted by atomic mass is 19.3. The molecule has 5 heteroatoms. The van der Waals surface area contributed by atoms with Gasteiger partial charge in [0.1, 0.15) is 5.69 Å². The lowest BCUT2D eigenvalue weighted by molar-refractivity contribution is 0.145. The van der Waals surface area contributed by atoms with Crippen LogP contribution in [-0.2, 0) is 13.1 Å². The normalized spacial score (nSPS) is 16.6. The van der Waals surface area contributed by atoms with E-state index >= 15 is 0 Å². The van der Waals surface area contributed by atoms with Crippen molar-refractivity contribution >= 4 is 0 Å². The average Bonchev–Trinajstić information content (AvgIpc) is 2.46. The van der Waals surface area contributed by atoms with Gasteiger partial charge in [0.25, 0.3) is 6.43 Å². The van der Waals surface area contributed by atoms with Gasteiger partial charge in [0, 0.05) is 13.1 Å². The van der Waals surface area contributed by atoms with E-state index in [2.05, 4.69) is 10.4 Å². The lowest BCUT2D eigenvalue weighted by Crippen LogP contribution is -2.28. The van der Waals surface area contributed by atoms with Gasteiger partial charge in [-0.1, -0.05) is 0 Å². The summed E-state index contributed by atoms with van der Waals surface area (Å²) in [5.41, 5.74) is 0.727. The van der Waals surface area contributed by atoms with Crippen LogP contribution in [0.1, 0.15) is 17.8 Å². The number of hydrogen-bond donors (Lipinski definition) is 1. The summed E-state index contributed by atoms with van der Waals surface area (Å²) in [5, 5.41) is 6.86. The highest BCUT2D eigenvalue weighted by Crippen LogP contribution is 2.18. The molecule has 1 aromatic heterocycles. The van der Waals surface area contributed by atoms with Crippen LogP contribution >= 0.6 is 0 Å². The maximum Gasteiger partial charge on any atom is 0.282 e. The van der Waals surface area contributed by atoms with E-state index in [0.29, 0.717) is 13.1 Å². The molecule has 0 aliphatic carbocycles. The lowest BCUT2D eigenvalue weighted by Gasteiger charge is -2.13. The predicted molar refractivity (Wildman–Crippen MR) is 38.9 cm³/mol. The van der Waals surface area contributed by atoms with E-state index in [9.17, 15) is 8.78 Å². The van der Waals surface area contributed by atoms with Crippen molar-refractivity contribution in [3.05, 3.63) is 17.5 Å². The first-order chi connectivity index (χ1) is 5.77. The van der Waals surface area contributed by atoms with E-state index in [1.54, 1.807) is 4.68 Å². The van der Waals surface area contributed by atoms with Crippen molar-refractivity contribution in [2.75, 3.05) is 6.54 Å². The molecular formula is C7H9F2N3. The van der Waals surface area contributed by atoms with E-state index in [0.717, 1.165) is 12.2 Å². The van der Waals surface area contributed by atoms with Crippen molar-refractivity contribution in [1.82, 2.24) is 15.1 Å². The Hall–Kier alpha value is -0.970. The van der Waals surface area contributed by atoms with E-state index in [-0.39, 0.29) is 5.69 Å². The van der Waals surface area contributed by atoms with E-state index in [1.165, 1.54) is 6.07 Å². The second-order valence-electron chi connectivity index (χ2n) is 2.76. The fourth-order valence-corrected chi connectivity index (χ4v) is 1.32. The Morgan fingerprint density at radius 1 is 1.58 bits per heavy atom. The van der Waals surface area contributed by atoms with Gasteiger partial charge in [0.05, 0.1) is 12.2 Å². The van der Waals surface area contributed by atoms with Crippen molar-refractivity contribution in [2.24, 2.45) is 0 Å². The predicted octanol–water partition coefficient (Wildman–Crippen LogP) is 0.924. The van der Waals surface area contributed by atoms with Gasteiger partial charge in [-0.05, 0) is 6.07 Å². The van der Waals surface area contributed by atoms with Gasteiger partial charge in [0.2, 0.25) is 0 Å². The summed E-state index contributed by atoms with van der Waals surface area (Å²) in [6, 6.07) is 1.46. The van der Waals surface area contributed by atoms with Gasteiger partial charge in [-0.15, -0.1) is 0 Å². The molecule has 0 bridgehead atoms. The molecule has 0 aromatic carbocycles. The summed E-state index contributed by atoms with van der Waals surface area (Å²) in [6.07, 6.45) is -2.46. The molecule has 1 aromatic rings. The molecule has 3 nitrogen and oxygen atoms in total. The molecule has 0 saturated heterocycles. The summed E-state index contributed by atoms with van der Waals surface area (Å²) >= 11 is 0. The smallest absolute Gasteiger partial charge is 0.282 e. The molecule has 1 N–H and O–H groups in total. The Balaban J connectivity index is 2.32. The molecule has 0 amide bonds. The number of aromatic nitrogens is 2. The zero-order chi connectivity index (χ0) is 8.55. The first-order valence-electron chi connectivity index (χ1n) is 3.83. The van der Waals surface area contributed by atoms with Crippen LogP contribution in [0.25, 0.3) is 0 Å². The molecule has 66 valence electrons. The summed E-state index contributed by atoms with van der Waals surface area (Å²) in [5.74, 6) is 0. The van der Waals surface area contributed by atoms with Crippen molar-refractivity contribution in [2.45, 2.75) is 19.5 Å². The third-order valence-corrected chi connectivity index (χ3v) is 1.91. The average molecular weight is 173 g/mol. The largest absolute Gasteiger partial charge is 0.309 e. The number of hydrogen-bond acceptors (Lipinski definition) is 2. The molecule has 2 heterocycles. The number of rotatable bonds is 1. The topological polar surface area (TPSA) is 29.9 Å². The highest BCUT2D eigenvalue weighted by Gasteiger charge is 2.16. The minimum atomic E-state index is -2.46. The molecular weight excluding hydrogens is 164 g/mol.